The van der Waals surface area contributed by atoms with Crippen LogP contribution >= 0.6 is 0 Å². The SMILES string of the molecule is CNc1cc(Oc2ccc(CCOC)cc2)ncn1. The van der Waals surface area contributed by atoms with E-state index in [1.165, 1.54) is 11.9 Å². The van der Waals surface area contributed by atoms with Gasteiger partial charge in [0.1, 0.15) is 17.9 Å². The fraction of sp³-hybridized carbons (Fsp3) is 0.286. The molecular weight excluding hydrogens is 242 g/mol. The lowest BCUT2D eigenvalue weighted by atomic mass is 10.1. The molecule has 1 aromatic carbocycles. The van der Waals surface area contributed by atoms with Crippen molar-refractivity contribution in [1.82, 2.24) is 9.97 Å². The highest BCUT2D eigenvalue weighted by Crippen LogP contribution is 2.21. The van der Waals surface area contributed by atoms with Crippen LogP contribution in [0, 0.1) is 0 Å². The molecule has 0 spiro atoms. The molecule has 1 N–H and O–H groups in total. The third-order valence-corrected chi connectivity index (χ3v) is 2.64. The van der Waals surface area contributed by atoms with Crippen LogP contribution in [0.4, 0.5) is 5.82 Å². The Morgan fingerprint density at radius 2 is 1.95 bits per heavy atom. The van der Waals surface area contributed by atoms with Crippen LogP contribution in [0.5, 0.6) is 11.6 Å². The van der Waals surface area contributed by atoms with Crippen molar-refractivity contribution in [3.8, 4) is 11.6 Å². The van der Waals surface area contributed by atoms with Gasteiger partial charge < -0.3 is 14.8 Å². The monoisotopic (exact) mass is 259 g/mol. The normalized spacial score (nSPS) is 10.2. The van der Waals surface area contributed by atoms with Crippen LogP contribution in [0.3, 0.4) is 0 Å². The van der Waals surface area contributed by atoms with Gasteiger partial charge in [0.25, 0.3) is 0 Å². The molecular formula is C14H17N3O2. The second kappa shape index (κ2) is 6.70. The molecule has 5 heteroatoms. The number of ether oxygens (including phenoxy) is 2. The summed E-state index contributed by atoms with van der Waals surface area (Å²) in [6, 6.07) is 9.64. The summed E-state index contributed by atoms with van der Waals surface area (Å²) in [5.74, 6) is 1.99. The summed E-state index contributed by atoms with van der Waals surface area (Å²) in [5, 5.41) is 2.94. The number of rotatable bonds is 6. The number of hydrogen-bond donors (Lipinski definition) is 1. The molecule has 0 amide bonds. The van der Waals surface area contributed by atoms with Crippen LogP contribution in [0.1, 0.15) is 5.56 Å². The lowest BCUT2D eigenvalue weighted by Crippen LogP contribution is -1.96. The first kappa shape index (κ1) is 13.3. The van der Waals surface area contributed by atoms with Crippen LogP contribution in [-0.4, -0.2) is 30.7 Å². The number of hydrogen-bond acceptors (Lipinski definition) is 5. The first-order valence-corrected chi connectivity index (χ1v) is 6.07. The highest BCUT2D eigenvalue weighted by atomic mass is 16.5. The van der Waals surface area contributed by atoms with Gasteiger partial charge in [-0.3, -0.25) is 0 Å². The van der Waals surface area contributed by atoms with Crippen molar-refractivity contribution in [2.24, 2.45) is 0 Å². The lowest BCUT2D eigenvalue weighted by molar-refractivity contribution is 0.202. The summed E-state index contributed by atoms with van der Waals surface area (Å²) >= 11 is 0. The van der Waals surface area contributed by atoms with Crippen LogP contribution in [-0.2, 0) is 11.2 Å². The van der Waals surface area contributed by atoms with E-state index in [1.54, 1.807) is 20.2 Å². The Labute approximate surface area is 112 Å². The minimum absolute atomic E-state index is 0.518. The van der Waals surface area contributed by atoms with Gasteiger partial charge >= 0.3 is 0 Å². The molecule has 2 aromatic rings. The zero-order valence-corrected chi connectivity index (χ0v) is 11.1. The number of benzene rings is 1. The Morgan fingerprint density at radius 1 is 1.16 bits per heavy atom. The van der Waals surface area contributed by atoms with Crippen LogP contribution in [0.2, 0.25) is 0 Å². The Hall–Kier alpha value is -2.14. The molecule has 0 atom stereocenters. The molecule has 5 nitrogen and oxygen atoms in total. The Balaban J connectivity index is 2.02. The predicted molar refractivity (Wildman–Crippen MR) is 73.7 cm³/mol. The van der Waals surface area contributed by atoms with Crippen LogP contribution < -0.4 is 10.1 Å². The molecule has 0 aliphatic rings. The molecule has 1 aromatic heterocycles. The van der Waals surface area contributed by atoms with Crippen LogP contribution in [0.25, 0.3) is 0 Å². The van der Waals surface area contributed by atoms with Gasteiger partial charge in [0.15, 0.2) is 0 Å². The Morgan fingerprint density at radius 3 is 2.63 bits per heavy atom. The van der Waals surface area contributed by atoms with Crippen molar-refractivity contribution in [2.45, 2.75) is 6.42 Å². The molecule has 0 saturated carbocycles. The van der Waals surface area contributed by atoms with Gasteiger partial charge in [0.2, 0.25) is 5.88 Å². The first-order chi connectivity index (χ1) is 9.31. The van der Waals surface area contributed by atoms with E-state index in [4.69, 9.17) is 9.47 Å². The summed E-state index contributed by atoms with van der Waals surface area (Å²) < 4.78 is 10.7. The third-order valence-electron chi connectivity index (χ3n) is 2.64. The molecule has 100 valence electrons. The maximum Gasteiger partial charge on any atom is 0.224 e. The topological polar surface area (TPSA) is 56.3 Å². The fourth-order valence-corrected chi connectivity index (χ4v) is 1.60. The summed E-state index contributed by atoms with van der Waals surface area (Å²) in [6.07, 6.45) is 2.36. The fourth-order valence-electron chi connectivity index (χ4n) is 1.60. The largest absolute Gasteiger partial charge is 0.439 e. The van der Waals surface area contributed by atoms with Gasteiger partial charge in [-0.2, -0.15) is 0 Å². The molecule has 0 saturated heterocycles. The van der Waals surface area contributed by atoms with E-state index in [9.17, 15) is 0 Å². The average molecular weight is 259 g/mol. The van der Waals surface area contributed by atoms with Gasteiger partial charge in [0.05, 0.1) is 6.61 Å². The minimum atomic E-state index is 0.518. The van der Waals surface area contributed by atoms with Crippen molar-refractivity contribution in [3.05, 3.63) is 42.2 Å². The van der Waals surface area contributed by atoms with Crippen molar-refractivity contribution < 1.29 is 9.47 Å². The van der Waals surface area contributed by atoms with E-state index >= 15 is 0 Å². The second-order valence-electron chi connectivity index (χ2n) is 3.98. The molecule has 0 bridgehead atoms. The molecule has 0 fully saturated rings. The zero-order chi connectivity index (χ0) is 13.5. The molecule has 0 aliphatic heterocycles. The summed E-state index contributed by atoms with van der Waals surface area (Å²) in [6.45, 7) is 0.720. The van der Waals surface area contributed by atoms with E-state index in [-0.39, 0.29) is 0 Å². The van der Waals surface area contributed by atoms with Gasteiger partial charge in [-0.15, -0.1) is 0 Å². The number of aromatic nitrogens is 2. The van der Waals surface area contributed by atoms with Crippen molar-refractivity contribution in [2.75, 3.05) is 26.1 Å². The second-order valence-corrected chi connectivity index (χ2v) is 3.98. The maximum atomic E-state index is 5.66. The number of nitrogens with one attached hydrogen (secondary N) is 1. The average Bonchev–Trinajstić information content (AvgIpc) is 2.47. The van der Waals surface area contributed by atoms with Crippen molar-refractivity contribution >= 4 is 5.82 Å². The maximum absolute atomic E-state index is 5.66. The smallest absolute Gasteiger partial charge is 0.224 e. The summed E-state index contributed by atoms with van der Waals surface area (Å²) in [5.41, 5.74) is 1.22. The van der Waals surface area contributed by atoms with E-state index in [0.29, 0.717) is 5.88 Å². The van der Waals surface area contributed by atoms with Gasteiger partial charge in [0, 0.05) is 20.2 Å². The number of nitrogens with zero attached hydrogens (tertiary/aromatic N) is 2. The number of anilines is 1. The van der Waals surface area contributed by atoms with Crippen molar-refractivity contribution in [3.63, 3.8) is 0 Å². The molecule has 1 heterocycles. The molecule has 0 unspecified atom stereocenters. The Kier molecular flexibility index (Phi) is 4.69. The molecule has 2 rings (SSSR count). The summed E-state index contributed by atoms with van der Waals surface area (Å²) in [4.78, 5) is 8.09. The van der Waals surface area contributed by atoms with E-state index in [0.717, 1.165) is 24.6 Å². The number of methoxy groups -OCH3 is 1. The zero-order valence-electron chi connectivity index (χ0n) is 11.1. The summed E-state index contributed by atoms with van der Waals surface area (Å²) in [7, 11) is 3.50. The Bertz CT molecular complexity index is 514. The molecule has 19 heavy (non-hydrogen) atoms. The van der Waals surface area contributed by atoms with E-state index < -0.39 is 0 Å². The van der Waals surface area contributed by atoms with Gasteiger partial charge in [-0.25, -0.2) is 9.97 Å². The standard InChI is InChI=1S/C14H17N3O2/c1-15-13-9-14(17-10-16-13)19-12-5-3-11(4-6-12)7-8-18-2/h3-6,9-10H,7-8H2,1-2H3,(H,15,16,17). The minimum Gasteiger partial charge on any atom is -0.439 e. The first-order valence-electron chi connectivity index (χ1n) is 6.07. The highest BCUT2D eigenvalue weighted by Gasteiger charge is 2.01. The van der Waals surface area contributed by atoms with E-state index in [1.807, 2.05) is 24.3 Å². The molecule has 0 aliphatic carbocycles. The lowest BCUT2D eigenvalue weighted by Gasteiger charge is -2.07. The van der Waals surface area contributed by atoms with Gasteiger partial charge in [-0.1, -0.05) is 12.1 Å². The quantitative estimate of drug-likeness (QED) is 0.863. The van der Waals surface area contributed by atoms with E-state index in [2.05, 4.69) is 15.3 Å². The van der Waals surface area contributed by atoms with Crippen LogP contribution in [0.15, 0.2) is 36.7 Å². The predicted octanol–water partition coefficient (Wildman–Crippen LogP) is 2.50. The molecule has 0 radical (unpaired) electrons. The highest BCUT2D eigenvalue weighted by molar-refractivity contribution is 5.38. The van der Waals surface area contributed by atoms with Gasteiger partial charge in [-0.05, 0) is 24.1 Å². The third kappa shape index (κ3) is 3.93. The van der Waals surface area contributed by atoms with Crippen molar-refractivity contribution in [1.29, 1.82) is 0 Å².